The van der Waals surface area contributed by atoms with Crippen LogP contribution in [-0.4, -0.2) is 9.52 Å². The van der Waals surface area contributed by atoms with E-state index in [1.54, 1.807) is 0 Å². The van der Waals surface area contributed by atoms with Crippen LogP contribution in [0.25, 0.3) is 6.08 Å². The van der Waals surface area contributed by atoms with Crippen LogP contribution in [0.4, 0.5) is 0 Å². The monoisotopic (exact) mass is 208 g/mol. The smallest absolute Gasteiger partial charge is 0.0927 e. The van der Waals surface area contributed by atoms with Crippen molar-refractivity contribution in [2.24, 2.45) is 0 Å². The van der Waals surface area contributed by atoms with E-state index in [1.807, 2.05) is 6.07 Å². The maximum Gasteiger partial charge on any atom is 0.111 e. The minimum Gasteiger partial charge on any atom is -0.0927 e. The van der Waals surface area contributed by atoms with Crippen molar-refractivity contribution in [3.05, 3.63) is 71.9 Å². The van der Waals surface area contributed by atoms with E-state index in [4.69, 9.17) is 0 Å². The molecule has 72 valence electrons. The lowest BCUT2D eigenvalue weighted by molar-refractivity contribution is 1.66. The van der Waals surface area contributed by atoms with Gasteiger partial charge in [-0.1, -0.05) is 77.6 Å². The molecule has 0 saturated carbocycles. The van der Waals surface area contributed by atoms with Gasteiger partial charge in [0.2, 0.25) is 0 Å². The Morgan fingerprint density at radius 2 is 1.33 bits per heavy atom. The average Bonchev–Trinajstić information content (AvgIpc) is 2.32. The highest BCUT2D eigenvalue weighted by Gasteiger charge is 1.88. The number of hydrogen-bond acceptors (Lipinski definition) is 0. The van der Waals surface area contributed by atoms with Crippen LogP contribution in [0.15, 0.2) is 66.4 Å². The Labute approximate surface area is 93.1 Å². The van der Waals surface area contributed by atoms with Gasteiger partial charge in [0.15, 0.2) is 0 Å². The molecule has 0 fully saturated rings. The third kappa shape index (κ3) is 3.22. The summed E-state index contributed by atoms with van der Waals surface area (Å²) in [5, 5.41) is 1.38. The van der Waals surface area contributed by atoms with Crippen LogP contribution < -0.4 is 5.19 Å². The van der Waals surface area contributed by atoms with Crippen molar-refractivity contribution in [2.75, 3.05) is 0 Å². The molecule has 0 saturated heterocycles. The molecule has 2 aromatic rings. The van der Waals surface area contributed by atoms with Crippen LogP contribution in [0.3, 0.4) is 0 Å². The zero-order chi connectivity index (χ0) is 10.3. The summed E-state index contributed by atoms with van der Waals surface area (Å²) in [4.78, 5) is 0. The molecule has 0 aromatic heterocycles. The van der Waals surface area contributed by atoms with Crippen molar-refractivity contribution < 1.29 is 0 Å². The van der Waals surface area contributed by atoms with Gasteiger partial charge >= 0.3 is 0 Å². The van der Waals surface area contributed by atoms with E-state index in [2.05, 4.69) is 66.4 Å². The summed E-state index contributed by atoms with van der Waals surface area (Å²) in [6, 6.07) is 20.9. The molecule has 0 heterocycles. The van der Waals surface area contributed by atoms with E-state index in [0.717, 1.165) is 9.52 Å². The molecule has 0 atom stereocenters. The average molecular weight is 208 g/mol. The summed E-state index contributed by atoms with van der Waals surface area (Å²) < 4.78 is 0. The van der Waals surface area contributed by atoms with Crippen LogP contribution >= 0.6 is 0 Å². The highest BCUT2D eigenvalue weighted by atomic mass is 28.2. The molecule has 2 rings (SSSR count). The Balaban J connectivity index is 1.97. The highest BCUT2D eigenvalue weighted by molar-refractivity contribution is 6.59. The highest BCUT2D eigenvalue weighted by Crippen LogP contribution is 1.99. The SMILES string of the molecule is C(=C\c1ccccc1)/[Si]c1ccccc1. The summed E-state index contributed by atoms with van der Waals surface area (Å²) >= 11 is 0. The molecule has 0 N–H and O–H groups in total. The van der Waals surface area contributed by atoms with Crippen LogP contribution in [0.2, 0.25) is 0 Å². The molecule has 1 heteroatoms. The maximum absolute atomic E-state index is 2.23. The lowest BCUT2D eigenvalue weighted by atomic mass is 10.2. The predicted octanol–water partition coefficient (Wildman–Crippen LogP) is 2.69. The van der Waals surface area contributed by atoms with Crippen LogP contribution in [0.5, 0.6) is 0 Å². The first-order chi connectivity index (χ1) is 7.45. The Kier molecular flexibility index (Phi) is 3.52. The second kappa shape index (κ2) is 5.32. The fourth-order valence-corrected chi connectivity index (χ4v) is 2.19. The van der Waals surface area contributed by atoms with Crippen molar-refractivity contribution in [2.45, 2.75) is 0 Å². The van der Waals surface area contributed by atoms with Gasteiger partial charge in [-0.15, -0.1) is 0 Å². The normalized spacial score (nSPS) is 10.7. The number of hydrogen-bond donors (Lipinski definition) is 0. The summed E-state index contributed by atoms with van der Waals surface area (Å²) in [5.41, 5.74) is 3.49. The molecular weight excluding hydrogens is 196 g/mol. The van der Waals surface area contributed by atoms with Crippen LogP contribution in [-0.2, 0) is 0 Å². The van der Waals surface area contributed by atoms with Gasteiger partial charge in [0.05, 0.1) is 0 Å². The van der Waals surface area contributed by atoms with Gasteiger partial charge in [-0.05, 0) is 5.56 Å². The van der Waals surface area contributed by atoms with Crippen molar-refractivity contribution >= 4 is 20.8 Å². The van der Waals surface area contributed by atoms with E-state index in [0.29, 0.717) is 0 Å². The molecule has 0 unspecified atom stereocenters. The zero-order valence-corrected chi connectivity index (χ0v) is 9.43. The second-order valence-corrected chi connectivity index (χ2v) is 4.45. The van der Waals surface area contributed by atoms with Crippen molar-refractivity contribution in [3.63, 3.8) is 0 Å². The van der Waals surface area contributed by atoms with E-state index in [9.17, 15) is 0 Å². The molecule has 2 radical (unpaired) electrons. The molecule has 0 spiro atoms. The molecule has 0 aliphatic carbocycles. The van der Waals surface area contributed by atoms with Gasteiger partial charge in [0.1, 0.15) is 9.52 Å². The van der Waals surface area contributed by atoms with E-state index in [1.165, 1.54) is 10.8 Å². The Morgan fingerprint density at radius 1 is 0.733 bits per heavy atom. The van der Waals surface area contributed by atoms with Crippen molar-refractivity contribution in [1.82, 2.24) is 0 Å². The third-order valence-corrected chi connectivity index (χ3v) is 3.10. The third-order valence-electron chi connectivity index (χ3n) is 2.10. The number of rotatable bonds is 3. The minimum absolute atomic E-state index is 0.749. The number of benzene rings is 2. The first-order valence-corrected chi connectivity index (χ1v) is 6.06. The second-order valence-electron chi connectivity index (χ2n) is 3.25. The maximum atomic E-state index is 2.23. The Morgan fingerprint density at radius 3 is 2.00 bits per heavy atom. The van der Waals surface area contributed by atoms with Crippen LogP contribution in [0.1, 0.15) is 5.56 Å². The lowest BCUT2D eigenvalue weighted by Crippen LogP contribution is -2.09. The zero-order valence-electron chi connectivity index (χ0n) is 8.43. The van der Waals surface area contributed by atoms with E-state index >= 15 is 0 Å². The van der Waals surface area contributed by atoms with E-state index < -0.39 is 0 Å². The van der Waals surface area contributed by atoms with Crippen molar-refractivity contribution in [1.29, 1.82) is 0 Å². The molecule has 0 aliphatic rings. The molecule has 2 aromatic carbocycles. The minimum atomic E-state index is 0.749. The quantitative estimate of drug-likeness (QED) is 0.680. The fraction of sp³-hybridized carbons (Fsp3) is 0. The summed E-state index contributed by atoms with van der Waals surface area (Å²) in [6.07, 6.45) is 2.17. The molecule has 0 bridgehead atoms. The summed E-state index contributed by atoms with van der Waals surface area (Å²) in [7, 11) is 0.749. The summed E-state index contributed by atoms with van der Waals surface area (Å²) in [5.74, 6) is 0. The van der Waals surface area contributed by atoms with Gasteiger partial charge in [-0.25, -0.2) is 0 Å². The van der Waals surface area contributed by atoms with E-state index in [-0.39, 0.29) is 0 Å². The largest absolute Gasteiger partial charge is 0.111 e. The topological polar surface area (TPSA) is 0 Å². The van der Waals surface area contributed by atoms with Crippen molar-refractivity contribution in [3.8, 4) is 0 Å². The van der Waals surface area contributed by atoms with Gasteiger partial charge in [0, 0.05) is 0 Å². The first kappa shape index (κ1) is 9.93. The summed E-state index contributed by atoms with van der Waals surface area (Å²) in [6.45, 7) is 0. The molecular formula is C14H12Si. The first-order valence-electron chi connectivity index (χ1n) is 4.98. The van der Waals surface area contributed by atoms with Gasteiger partial charge in [-0.2, -0.15) is 0 Å². The predicted molar refractivity (Wildman–Crippen MR) is 67.3 cm³/mol. The van der Waals surface area contributed by atoms with Gasteiger partial charge in [0.25, 0.3) is 0 Å². The molecule has 0 nitrogen and oxygen atoms in total. The fourth-order valence-electron chi connectivity index (χ4n) is 1.33. The Hall–Kier alpha value is -1.60. The van der Waals surface area contributed by atoms with Gasteiger partial charge in [-0.3, -0.25) is 0 Å². The standard InChI is InChI=1S/C14H12Si/c1-3-7-13(8-4-1)11-12-15-14-9-5-2-6-10-14/h1-12H/b12-11+. The molecule has 15 heavy (non-hydrogen) atoms. The Bertz CT molecular complexity index is 418. The lowest BCUT2D eigenvalue weighted by Gasteiger charge is -1.93. The molecule has 0 amide bonds. The molecule has 0 aliphatic heterocycles. The van der Waals surface area contributed by atoms with Crippen LogP contribution in [0, 0.1) is 0 Å². The van der Waals surface area contributed by atoms with Gasteiger partial charge < -0.3 is 0 Å².